The van der Waals surface area contributed by atoms with Crippen molar-refractivity contribution in [3.8, 4) is 0 Å². The van der Waals surface area contributed by atoms with E-state index in [0.717, 1.165) is 31.5 Å². The molecule has 5 rings (SSSR count). The summed E-state index contributed by atoms with van der Waals surface area (Å²) in [6.45, 7) is 1.26. The van der Waals surface area contributed by atoms with Crippen molar-refractivity contribution in [2.24, 2.45) is 11.8 Å². The van der Waals surface area contributed by atoms with Gasteiger partial charge in [-0.2, -0.15) is 9.37 Å². The van der Waals surface area contributed by atoms with Crippen molar-refractivity contribution in [3.05, 3.63) is 41.6 Å². The number of fused-ring (bicyclic) bond motifs is 1. The third-order valence-electron chi connectivity index (χ3n) is 6.19. The Morgan fingerprint density at radius 3 is 3.00 bits per heavy atom. The van der Waals surface area contributed by atoms with Gasteiger partial charge in [0.1, 0.15) is 0 Å². The van der Waals surface area contributed by atoms with E-state index < -0.39 is 5.95 Å². The molecule has 0 spiro atoms. The topological polar surface area (TPSA) is 72.1 Å². The first kappa shape index (κ1) is 15.9. The van der Waals surface area contributed by atoms with Gasteiger partial charge in [0.25, 0.3) is 5.91 Å². The van der Waals surface area contributed by atoms with Crippen LogP contribution in [0.1, 0.15) is 54.2 Å². The van der Waals surface area contributed by atoms with Crippen molar-refractivity contribution < 1.29 is 13.7 Å². The van der Waals surface area contributed by atoms with Crippen molar-refractivity contribution >= 4 is 5.91 Å². The van der Waals surface area contributed by atoms with Crippen LogP contribution in [0.4, 0.5) is 4.39 Å². The Morgan fingerprint density at radius 2 is 2.23 bits per heavy atom. The van der Waals surface area contributed by atoms with Gasteiger partial charge < -0.3 is 9.42 Å². The average molecular weight is 356 g/mol. The molecule has 7 heteroatoms. The molecule has 136 valence electrons. The second-order valence-electron chi connectivity index (χ2n) is 7.96. The van der Waals surface area contributed by atoms with E-state index >= 15 is 0 Å². The van der Waals surface area contributed by atoms with Gasteiger partial charge in [0.2, 0.25) is 11.8 Å². The molecular weight excluding hydrogens is 335 g/mol. The molecule has 2 aliphatic carbocycles. The summed E-state index contributed by atoms with van der Waals surface area (Å²) in [4.78, 5) is 23.0. The van der Waals surface area contributed by atoms with Crippen LogP contribution in [0.15, 0.2) is 22.9 Å². The van der Waals surface area contributed by atoms with Crippen LogP contribution in [0, 0.1) is 17.8 Å². The highest BCUT2D eigenvalue weighted by atomic mass is 19.1. The maximum atomic E-state index is 13.0. The van der Waals surface area contributed by atoms with Crippen molar-refractivity contribution in [1.29, 1.82) is 0 Å². The fraction of sp³-hybridized carbons (Fsp3) is 0.579. The zero-order chi connectivity index (χ0) is 17.7. The molecule has 0 N–H and O–H groups in total. The SMILES string of the molecule is O=C(c1ccc(F)nc1)N1C[C@H]2CCC[C@@]2(c2nc(CC3CC3)no2)C1. The number of pyridine rings is 1. The van der Waals surface area contributed by atoms with Crippen molar-refractivity contribution in [2.75, 3.05) is 13.1 Å². The molecule has 1 aliphatic heterocycles. The second-order valence-corrected chi connectivity index (χ2v) is 7.96. The van der Waals surface area contributed by atoms with Crippen LogP contribution in [-0.2, 0) is 11.8 Å². The van der Waals surface area contributed by atoms with E-state index in [1.165, 1.54) is 31.2 Å². The number of carbonyl (C=O) groups excluding carboxylic acids is 1. The van der Waals surface area contributed by atoms with Crippen LogP contribution < -0.4 is 0 Å². The summed E-state index contributed by atoms with van der Waals surface area (Å²) < 4.78 is 18.7. The first-order valence-corrected chi connectivity index (χ1v) is 9.38. The summed E-state index contributed by atoms with van der Waals surface area (Å²) in [6.07, 6.45) is 7.86. The highest BCUT2D eigenvalue weighted by Crippen LogP contribution is 2.50. The quantitative estimate of drug-likeness (QED) is 0.788. The van der Waals surface area contributed by atoms with Crippen LogP contribution in [0.3, 0.4) is 0 Å². The number of hydrogen-bond acceptors (Lipinski definition) is 5. The van der Waals surface area contributed by atoms with Gasteiger partial charge in [-0.3, -0.25) is 4.79 Å². The first-order valence-electron chi connectivity index (χ1n) is 9.38. The number of rotatable bonds is 4. The average Bonchev–Trinajstić information content (AvgIpc) is 3.03. The van der Waals surface area contributed by atoms with Crippen LogP contribution in [-0.4, -0.2) is 39.0 Å². The molecule has 2 saturated carbocycles. The van der Waals surface area contributed by atoms with Crippen molar-refractivity contribution in [1.82, 2.24) is 20.0 Å². The van der Waals surface area contributed by atoms with Gasteiger partial charge in [-0.15, -0.1) is 0 Å². The number of halogens is 1. The number of nitrogens with zero attached hydrogens (tertiary/aromatic N) is 4. The van der Waals surface area contributed by atoms with Gasteiger partial charge in [0.05, 0.1) is 11.0 Å². The van der Waals surface area contributed by atoms with E-state index in [4.69, 9.17) is 9.51 Å². The van der Waals surface area contributed by atoms with Crippen molar-refractivity contribution in [3.63, 3.8) is 0 Å². The van der Waals surface area contributed by atoms with Gasteiger partial charge in [0, 0.05) is 25.7 Å². The minimum atomic E-state index is -0.578. The minimum Gasteiger partial charge on any atom is -0.339 e. The first-order chi connectivity index (χ1) is 12.6. The lowest BCUT2D eigenvalue weighted by Gasteiger charge is -2.24. The summed E-state index contributed by atoms with van der Waals surface area (Å²) >= 11 is 0. The fourth-order valence-corrected chi connectivity index (χ4v) is 4.60. The van der Waals surface area contributed by atoms with E-state index in [1.807, 2.05) is 4.90 Å². The highest BCUT2D eigenvalue weighted by molar-refractivity contribution is 5.94. The molecule has 1 saturated heterocycles. The number of hydrogen-bond donors (Lipinski definition) is 0. The molecular formula is C19H21FN4O2. The minimum absolute atomic E-state index is 0.107. The summed E-state index contributed by atoms with van der Waals surface area (Å²) in [5, 5.41) is 4.19. The molecule has 0 aromatic carbocycles. The molecule has 1 amide bonds. The van der Waals surface area contributed by atoms with E-state index in [0.29, 0.717) is 36.4 Å². The molecule has 3 aliphatic rings. The van der Waals surface area contributed by atoms with Gasteiger partial charge in [-0.1, -0.05) is 11.6 Å². The number of carbonyl (C=O) groups is 1. The van der Waals surface area contributed by atoms with E-state index in [2.05, 4.69) is 10.1 Å². The van der Waals surface area contributed by atoms with Gasteiger partial charge >= 0.3 is 0 Å². The third-order valence-corrected chi connectivity index (χ3v) is 6.19. The Hall–Kier alpha value is -2.31. The summed E-state index contributed by atoms with van der Waals surface area (Å²) in [6, 6.07) is 2.72. The van der Waals surface area contributed by atoms with Crippen LogP contribution in [0.5, 0.6) is 0 Å². The van der Waals surface area contributed by atoms with Crippen molar-refractivity contribution in [2.45, 2.75) is 43.9 Å². The smallest absolute Gasteiger partial charge is 0.255 e. The summed E-state index contributed by atoms with van der Waals surface area (Å²) in [7, 11) is 0. The Morgan fingerprint density at radius 1 is 1.35 bits per heavy atom. The molecule has 2 aromatic rings. The zero-order valence-corrected chi connectivity index (χ0v) is 14.5. The molecule has 0 unspecified atom stereocenters. The predicted molar refractivity (Wildman–Crippen MR) is 89.8 cm³/mol. The van der Waals surface area contributed by atoms with Gasteiger partial charge in [0.15, 0.2) is 5.82 Å². The summed E-state index contributed by atoms with van der Waals surface area (Å²) in [5.74, 6) is 1.87. The van der Waals surface area contributed by atoms with Gasteiger partial charge in [-0.25, -0.2) is 4.98 Å². The van der Waals surface area contributed by atoms with Crippen LogP contribution in [0.2, 0.25) is 0 Å². The monoisotopic (exact) mass is 356 g/mol. The number of amides is 1. The van der Waals surface area contributed by atoms with Crippen LogP contribution in [0.25, 0.3) is 0 Å². The van der Waals surface area contributed by atoms with E-state index in [1.54, 1.807) is 0 Å². The standard InChI is InChI=1S/C19H21FN4O2/c20-15-6-5-13(9-21-15)17(25)24-10-14-2-1-7-19(14,11-24)18-22-16(23-26-18)8-12-3-4-12/h5-6,9,12,14H,1-4,7-8,10-11H2/t14-,19-/m1/s1. The Kier molecular flexibility index (Phi) is 3.58. The predicted octanol–water partition coefficient (Wildman–Crippen LogP) is 2.75. The molecule has 26 heavy (non-hydrogen) atoms. The normalized spacial score (nSPS) is 27.7. The number of aromatic nitrogens is 3. The fourth-order valence-electron chi connectivity index (χ4n) is 4.60. The highest BCUT2D eigenvalue weighted by Gasteiger charge is 2.55. The lowest BCUT2D eigenvalue weighted by atomic mass is 9.80. The van der Waals surface area contributed by atoms with E-state index in [-0.39, 0.29) is 11.3 Å². The second kappa shape index (κ2) is 5.86. The molecule has 0 radical (unpaired) electrons. The Labute approximate surface area is 150 Å². The maximum absolute atomic E-state index is 13.0. The molecule has 6 nitrogen and oxygen atoms in total. The largest absolute Gasteiger partial charge is 0.339 e. The zero-order valence-electron chi connectivity index (χ0n) is 14.5. The molecule has 3 heterocycles. The third kappa shape index (κ3) is 2.61. The molecule has 0 bridgehead atoms. The molecule has 3 fully saturated rings. The van der Waals surface area contributed by atoms with Crippen LogP contribution >= 0.6 is 0 Å². The molecule has 2 atom stereocenters. The van der Waals surface area contributed by atoms with Gasteiger partial charge in [-0.05, 0) is 49.7 Å². The Balaban J connectivity index is 1.39. The maximum Gasteiger partial charge on any atom is 0.255 e. The summed E-state index contributed by atoms with van der Waals surface area (Å²) in [5.41, 5.74) is 0.194. The Bertz CT molecular complexity index is 832. The number of likely N-dealkylation sites (tertiary alicyclic amines) is 1. The van der Waals surface area contributed by atoms with E-state index in [9.17, 15) is 9.18 Å². The lowest BCUT2D eigenvalue weighted by molar-refractivity contribution is 0.0774. The lowest BCUT2D eigenvalue weighted by Crippen LogP contribution is -2.35. The molecule has 2 aromatic heterocycles.